The van der Waals surface area contributed by atoms with Crippen LogP contribution in [0.1, 0.15) is 11.1 Å². The molecular weight excluding hydrogens is 216 g/mol. The van der Waals surface area contributed by atoms with Crippen molar-refractivity contribution in [2.75, 3.05) is 6.54 Å². The Kier molecular flexibility index (Phi) is 3.03. The van der Waals surface area contributed by atoms with E-state index in [0.29, 0.717) is 19.4 Å². The Labute approximate surface area is 91.4 Å². The van der Waals surface area contributed by atoms with Crippen LogP contribution in [-0.2, 0) is 17.6 Å². The van der Waals surface area contributed by atoms with Crippen molar-refractivity contribution in [2.45, 2.75) is 19.5 Å². The number of amides is 1. The first kappa shape index (κ1) is 10.9. The molecule has 0 saturated heterocycles. The molecule has 1 aromatic rings. The number of nitrogens with one attached hydrogen (secondary N) is 1. The lowest BCUT2D eigenvalue weighted by molar-refractivity contribution is -0.120. The molecule has 1 aliphatic rings. The second-order valence-electron chi connectivity index (χ2n) is 3.59. The zero-order chi connectivity index (χ0) is 11.5. The van der Waals surface area contributed by atoms with Gasteiger partial charge >= 0.3 is 6.61 Å². The fourth-order valence-corrected chi connectivity index (χ4v) is 1.76. The Balaban J connectivity index is 2.24. The maximum Gasteiger partial charge on any atom is 0.387 e. The first-order valence-electron chi connectivity index (χ1n) is 4.98. The van der Waals surface area contributed by atoms with Crippen molar-refractivity contribution in [3.8, 4) is 5.75 Å². The van der Waals surface area contributed by atoms with E-state index in [0.717, 1.165) is 11.1 Å². The highest BCUT2D eigenvalue weighted by atomic mass is 19.3. The molecule has 1 aliphatic heterocycles. The summed E-state index contributed by atoms with van der Waals surface area (Å²) in [6, 6.07) is 4.70. The van der Waals surface area contributed by atoms with Crippen LogP contribution in [-0.4, -0.2) is 19.1 Å². The molecule has 1 amide bonds. The molecule has 0 unspecified atom stereocenters. The zero-order valence-corrected chi connectivity index (χ0v) is 8.50. The van der Waals surface area contributed by atoms with Crippen LogP contribution in [0.4, 0.5) is 8.78 Å². The minimum Gasteiger partial charge on any atom is -0.435 e. The number of alkyl halides is 2. The minimum atomic E-state index is -2.82. The summed E-state index contributed by atoms with van der Waals surface area (Å²) in [7, 11) is 0. The molecule has 5 heteroatoms. The number of rotatable bonds is 2. The lowest BCUT2D eigenvalue weighted by Crippen LogP contribution is -2.24. The topological polar surface area (TPSA) is 38.3 Å². The highest BCUT2D eigenvalue weighted by Crippen LogP contribution is 2.21. The Hall–Kier alpha value is -1.65. The molecule has 1 aromatic carbocycles. The van der Waals surface area contributed by atoms with Crippen LogP contribution >= 0.6 is 0 Å². The maximum atomic E-state index is 12.0. The normalized spacial score (nSPS) is 15.3. The van der Waals surface area contributed by atoms with Gasteiger partial charge < -0.3 is 10.1 Å². The number of fused-ring (bicyclic) bond motifs is 1. The lowest BCUT2D eigenvalue weighted by Gasteiger charge is -2.08. The average Bonchev–Trinajstić information content (AvgIpc) is 2.37. The van der Waals surface area contributed by atoms with Crippen molar-refractivity contribution in [1.29, 1.82) is 0 Å². The molecule has 0 aliphatic carbocycles. The Morgan fingerprint density at radius 2 is 2.12 bits per heavy atom. The average molecular weight is 227 g/mol. The van der Waals surface area contributed by atoms with Crippen molar-refractivity contribution < 1.29 is 18.3 Å². The van der Waals surface area contributed by atoms with Crippen LogP contribution < -0.4 is 10.1 Å². The number of hydrogen-bond donors (Lipinski definition) is 1. The van der Waals surface area contributed by atoms with Gasteiger partial charge in [0.25, 0.3) is 0 Å². The van der Waals surface area contributed by atoms with Crippen LogP contribution in [0, 0.1) is 0 Å². The Morgan fingerprint density at radius 1 is 1.31 bits per heavy atom. The maximum absolute atomic E-state index is 12.0. The summed E-state index contributed by atoms with van der Waals surface area (Å²) in [4.78, 5) is 11.2. The molecule has 0 spiro atoms. The summed E-state index contributed by atoms with van der Waals surface area (Å²) in [5.74, 6) is 0.101. The lowest BCUT2D eigenvalue weighted by atomic mass is 10.0. The van der Waals surface area contributed by atoms with Gasteiger partial charge in [-0.2, -0.15) is 8.78 Å². The van der Waals surface area contributed by atoms with E-state index in [-0.39, 0.29) is 11.7 Å². The molecule has 0 aromatic heterocycles. The Morgan fingerprint density at radius 3 is 2.88 bits per heavy atom. The van der Waals surface area contributed by atoms with E-state index in [1.54, 1.807) is 12.1 Å². The van der Waals surface area contributed by atoms with Gasteiger partial charge in [-0.15, -0.1) is 0 Å². The van der Waals surface area contributed by atoms with Crippen molar-refractivity contribution in [3.63, 3.8) is 0 Å². The molecule has 16 heavy (non-hydrogen) atoms. The second kappa shape index (κ2) is 4.47. The van der Waals surface area contributed by atoms with Crippen LogP contribution in [0.25, 0.3) is 0 Å². The first-order valence-corrected chi connectivity index (χ1v) is 4.98. The third kappa shape index (κ3) is 2.48. The molecule has 1 N–H and O–H groups in total. The number of ether oxygens (including phenoxy) is 1. The minimum absolute atomic E-state index is 0.0405. The number of carbonyl (C=O) groups excluding carboxylic acids is 1. The standard InChI is InChI=1S/C11H11F2NO2/c12-11(13)16-9-2-1-7-6-10(15)14-4-3-8(7)5-9/h1-2,5,11H,3-4,6H2,(H,14,15). The van der Waals surface area contributed by atoms with Crippen molar-refractivity contribution in [3.05, 3.63) is 29.3 Å². The van der Waals surface area contributed by atoms with Gasteiger partial charge in [-0.05, 0) is 29.7 Å². The smallest absolute Gasteiger partial charge is 0.387 e. The van der Waals surface area contributed by atoms with Crippen LogP contribution in [0.3, 0.4) is 0 Å². The molecular formula is C11H11F2NO2. The van der Waals surface area contributed by atoms with Gasteiger partial charge in [0.2, 0.25) is 5.91 Å². The van der Waals surface area contributed by atoms with Crippen molar-refractivity contribution in [2.24, 2.45) is 0 Å². The number of carbonyl (C=O) groups is 1. The zero-order valence-electron chi connectivity index (χ0n) is 8.50. The van der Waals surface area contributed by atoms with Crippen LogP contribution in [0.2, 0.25) is 0 Å². The Bertz CT molecular complexity index is 407. The SMILES string of the molecule is O=C1Cc2ccc(OC(F)F)cc2CCN1. The van der Waals surface area contributed by atoms with Gasteiger partial charge in [0.05, 0.1) is 6.42 Å². The van der Waals surface area contributed by atoms with E-state index in [2.05, 4.69) is 10.1 Å². The second-order valence-corrected chi connectivity index (χ2v) is 3.59. The molecule has 0 fully saturated rings. The highest BCUT2D eigenvalue weighted by molar-refractivity contribution is 5.79. The van der Waals surface area contributed by atoms with Gasteiger partial charge in [-0.25, -0.2) is 0 Å². The monoisotopic (exact) mass is 227 g/mol. The van der Waals surface area contributed by atoms with Gasteiger partial charge in [0.1, 0.15) is 5.75 Å². The van der Waals surface area contributed by atoms with E-state index in [1.807, 2.05) is 0 Å². The molecule has 0 radical (unpaired) electrons. The summed E-state index contributed by atoms with van der Waals surface area (Å²) in [6.07, 6.45) is 0.936. The summed E-state index contributed by atoms with van der Waals surface area (Å²) in [5.41, 5.74) is 1.76. The van der Waals surface area contributed by atoms with E-state index in [1.165, 1.54) is 6.07 Å². The van der Waals surface area contributed by atoms with Gasteiger partial charge in [-0.1, -0.05) is 6.07 Å². The summed E-state index contributed by atoms with van der Waals surface area (Å²) >= 11 is 0. The molecule has 1 heterocycles. The molecule has 0 saturated carbocycles. The summed E-state index contributed by atoms with van der Waals surface area (Å²) in [5, 5.41) is 2.72. The first-order chi connectivity index (χ1) is 7.65. The quantitative estimate of drug-likeness (QED) is 0.831. The fraction of sp³-hybridized carbons (Fsp3) is 0.364. The predicted octanol–water partition coefficient (Wildman–Crippen LogP) is 1.50. The number of benzene rings is 1. The van der Waals surface area contributed by atoms with Crippen LogP contribution in [0.5, 0.6) is 5.75 Å². The van der Waals surface area contributed by atoms with Crippen LogP contribution in [0.15, 0.2) is 18.2 Å². The summed E-state index contributed by atoms with van der Waals surface area (Å²) < 4.78 is 28.3. The van der Waals surface area contributed by atoms with E-state index in [9.17, 15) is 13.6 Å². The van der Waals surface area contributed by atoms with Crippen molar-refractivity contribution >= 4 is 5.91 Å². The van der Waals surface area contributed by atoms with Gasteiger partial charge in [0.15, 0.2) is 0 Å². The molecule has 0 bridgehead atoms. The number of halogens is 2. The van der Waals surface area contributed by atoms with E-state index in [4.69, 9.17) is 0 Å². The van der Waals surface area contributed by atoms with E-state index >= 15 is 0 Å². The van der Waals surface area contributed by atoms with E-state index < -0.39 is 6.61 Å². The molecule has 2 rings (SSSR count). The fourth-order valence-electron chi connectivity index (χ4n) is 1.76. The van der Waals surface area contributed by atoms with Crippen molar-refractivity contribution in [1.82, 2.24) is 5.32 Å². The predicted molar refractivity (Wildman–Crippen MR) is 53.5 cm³/mol. The highest BCUT2D eigenvalue weighted by Gasteiger charge is 2.14. The largest absolute Gasteiger partial charge is 0.435 e. The van der Waals surface area contributed by atoms with Gasteiger partial charge in [-0.3, -0.25) is 4.79 Å². The third-order valence-electron chi connectivity index (χ3n) is 2.47. The van der Waals surface area contributed by atoms with Gasteiger partial charge in [0, 0.05) is 6.54 Å². The summed E-state index contributed by atoms with van der Waals surface area (Å²) in [6.45, 7) is -2.28. The molecule has 3 nitrogen and oxygen atoms in total. The molecule has 86 valence electrons. The molecule has 0 atom stereocenters. The number of hydrogen-bond acceptors (Lipinski definition) is 2. The third-order valence-corrected chi connectivity index (χ3v) is 2.47.